The number of carbonyl (C=O) groups excluding carboxylic acids is 1. The Labute approximate surface area is 265 Å². The van der Waals surface area contributed by atoms with Crippen LogP contribution in [0.2, 0.25) is 0 Å². The zero-order chi connectivity index (χ0) is 32.2. The van der Waals surface area contributed by atoms with Gasteiger partial charge in [-0.3, -0.25) is 14.7 Å². The smallest absolute Gasteiger partial charge is 0.319 e. The molecule has 0 bridgehead atoms. The second-order valence-corrected chi connectivity index (χ2v) is 12.9. The summed E-state index contributed by atoms with van der Waals surface area (Å²) in [4.78, 5) is 34.7. The zero-order valence-electron chi connectivity index (χ0n) is 24.7. The van der Waals surface area contributed by atoms with Gasteiger partial charge < -0.3 is 19.4 Å². The van der Waals surface area contributed by atoms with Gasteiger partial charge in [0, 0.05) is 59.8 Å². The maximum atomic E-state index is 16.6. The van der Waals surface area contributed by atoms with Crippen LogP contribution in [0.5, 0.6) is 6.01 Å². The van der Waals surface area contributed by atoms with Crippen LogP contribution >= 0.6 is 11.3 Å². The van der Waals surface area contributed by atoms with Crippen LogP contribution in [0.4, 0.5) is 23.4 Å². The fourth-order valence-corrected chi connectivity index (χ4v) is 8.04. The molecule has 0 aliphatic carbocycles. The molecular weight excluding hydrogens is 622 g/mol. The van der Waals surface area contributed by atoms with Crippen molar-refractivity contribution < 1.29 is 27.1 Å². The summed E-state index contributed by atoms with van der Waals surface area (Å²) in [6, 6.07) is 4.12. The van der Waals surface area contributed by atoms with Gasteiger partial charge >= 0.3 is 6.01 Å². The molecule has 3 aliphatic heterocycles. The van der Waals surface area contributed by atoms with Gasteiger partial charge in [-0.25, -0.2) is 24.1 Å². The van der Waals surface area contributed by atoms with E-state index in [1.54, 1.807) is 23.1 Å². The van der Waals surface area contributed by atoms with E-state index in [0.29, 0.717) is 28.6 Å². The Balaban J connectivity index is 1.31. The van der Waals surface area contributed by atoms with Gasteiger partial charge in [-0.05, 0) is 19.4 Å². The number of benzene rings is 1. The molecule has 6 heterocycles. The van der Waals surface area contributed by atoms with E-state index >= 15 is 4.39 Å². The highest BCUT2D eigenvalue weighted by molar-refractivity contribution is 7.17. The van der Waals surface area contributed by atoms with E-state index in [1.807, 2.05) is 0 Å². The van der Waals surface area contributed by atoms with Gasteiger partial charge in [0.25, 0.3) is 5.91 Å². The number of thiophene rings is 1. The van der Waals surface area contributed by atoms with Crippen LogP contribution in [0, 0.1) is 18.2 Å². The molecule has 3 fully saturated rings. The molecule has 3 saturated heterocycles. The Kier molecular flexibility index (Phi) is 7.76. The fourth-order valence-electron chi connectivity index (χ4n) is 7.11. The number of halogens is 4. The number of piperazine rings is 1. The average molecular weight is 652 g/mol. The van der Waals surface area contributed by atoms with E-state index in [-0.39, 0.29) is 61.2 Å². The third kappa shape index (κ3) is 5.11. The van der Waals surface area contributed by atoms with E-state index in [0.717, 1.165) is 30.7 Å². The Morgan fingerprint density at radius 3 is 2.85 bits per heavy atom. The Bertz CT molecular complexity index is 1910. The molecule has 9 nitrogen and oxygen atoms in total. The third-order valence-corrected chi connectivity index (χ3v) is 10.3. The number of nitrogens with zero attached hydrogens (tertiary/aromatic N) is 7. The Morgan fingerprint density at radius 1 is 1.20 bits per heavy atom. The second kappa shape index (κ2) is 11.8. The number of pyridine rings is 1. The van der Waals surface area contributed by atoms with E-state index in [1.165, 1.54) is 16.5 Å². The van der Waals surface area contributed by atoms with E-state index in [9.17, 15) is 18.0 Å². The molecule has 0 saturated carbocycles. The van der Waals surface area contributed by atoms with E-state index in [4.69, 9.17) is 11.3 Å². The van der Waals surface area contributed by atoms with Gasteiger partial charge in [0.1, 0.15) is 41.7 Å². The van der Waals surface area contributed by atoms with Crippen LogP contribution in [0.3, 0.4) is 0 Å². The largest absolute Gasteiger partial charge is 0.461 e. The van der Waals surface area contributed by atoms with Crippen molar-refractivity contribution in [2.24, 2.45) is 0 Å². The van der Waals surface area contributed by atoms with Crippen molar-refractivity contribution in [1.82, 2.24) is 24.8 Å². The van der Waals surface area contributed by atoms with Crippen LogP contribution in [0.1, 0.15) is 19.3 Å². The Morgan fingerprint density at radius 2 is 2.04 bits per heavy atom. The lowest BCUT2D eigenvalue weighted by Crippen LogP contribution is -2.56. The molecule has 0 unspecified atom stereocenters. The van der Waals surface area contributed by atoms with Crippen molar-refractivity contribution in [3.63, 3.8) is 0 Å². The molecule has 0 radical (unpaired) electrons. The summed E-state index contributed by atoms with van der Waals surface area (Å²) in [6.07, 6.45) is 2.47. The highest BCUT2D eigenvalue weighted by Gasteiger charge is 2.49. The van der Waals surface area contributed by atoms with Gasteiger partial charge in [-0.1, -0.05) is 24.8 Å². The highest BCUT2D eigenvalue weighted by Crippen LogP contribution is 2.41. The molecule has 3 aromatic heterocycles. The van der Waals surface area contributed by atoms with E-state index < -0.39 is 41.1 Å². The maximum absolute atomic E-state index is 16.6. The molecule has 1 aromatic carbocycles. The summed E-state index contributed by atoms with van der Waals surface area (Å²) in [5.41, 5.74) is -0.188. The number of amides is 1. The first-order valence-corrected chi connectivity index (χ1v) is 15.8. The first-order chi connectivity index (χ1) is 22.2. The zero-order valence-corrected chi connectivity index (χ0v) is 25.5. The Hall–Kier alpha value is -4.35. The number of hydrogen-bond donors (Lipinski definition) is 0. The van der Waals surface area contributed by atoms with Gasteiger partial charge in [-0.2, -0.15) is 9.97 Å². The second-order valence-electron chi connectivity index (χ2n) is 12.0. The molecule has 0 N–H and O–H groups in total. The topological polar surface area (TPSA) is 79.1 Å². The lowest BCUT2D eigenvalue weighted by molar-refractivity contribution is -0.131. The number of hydrogen-bond acceptors (Lipinski definition) is 8. The molecular formula is C32H29F4N7O2S. The van der Waals surface area contributed by atoms with Crippen molar-refractivity contribution in [1.29, 1.82) is 0 Å². The monoisotopic (exact) mass is 651 g/mol. The lowest BCUT2D eigenvalue weighted by Gasteiger charge is -2.39. The van der Waals surface area contributed by atoms with Crippen molar-refractivity contribution in [3.05, 3.63) is 65.2 Å². The van der Waals surface area contributed by atoms with E-state index in [2.05, 4.69) is 31.3 Å². The summed E-state index contributed by atoms with van der Waals surface area (Å²) in [5.74, 6) is -2.89. The predicted molar refractivity (Wildman–Crippen MR) is 166 cm³/mol. The number of anilines is 1. The summed E-state index contributed by atoms with van der Waals surface area (Å²) < 4.78 is 65.9. The van der Waals surface area contributed by atoms with Crippen LogP contribution in [0.25, 0.3) is 37.1 Å². The molecule has 3 aliphatic rings. The van der Waals surface area contributed by atoms with Crippen molar-refractivity contribution >= 4 is 44.1 Å². The predicted octanol–water partition coefficient (Wildman–Crippen LogP) is 5.56. The maximum Gasteiger partial charge on any atom is 0.319 e. The number of carbonyl (C=O) groups is 1. The van der Waals surface area contributed by atoms with Gasteiger partial charge in [0.05, 0.1) is 10.9 Å². The summed E-state index contributed by atoms with van der Waals surface area (Å²) in [6.45, 7) is 12.0. The number of fused-ring (bicyclic) bond motifs is 3. The minimum absolute atomic E-state index is 0.0186. The lowest BCUT2D eigenvalue weighted by atomic mass is 9.95. The molecule has 7 rings (SSSR count). The molecule has 14 heteroatoms. The van der Waals surface area contributed by atoms with Crippen LogP contribution in [0.15, 0.2) is 42.2 Å². The quantitative estimate of drug-likeness (QED) is 0.147. The number of alkyl halides is 1. The summed E-state index contributed by atoms with van der Waals surface area (Å²) >= 11 is 1.15. The van der Waals surface area contributed by atoms with Gasteiger partial charge in [0.2, 0.25) is 6.54 Å². The minimum atomic E-state index is -1.12. The van der Waals surface area contributed by atoms with Gasteiger partial charge in [-0.15, -0.1) is 11.3 Å². The molecule has 3 atom stereocenters. The minimum Gasteiger partial charge on any atom is -0.461 e. The van der Waals surface area contributed by atoms with Gasteiger partial charge in [0.15, 0.2) is 11.6 Å². The van der Waals surface area contributed by atoms with Crippen LogP contribution in [-0.4, -0.2) is 94.3 Å². The first-order valence-electron chi connectivity index (χ1n) is 15.0. The SMILES string of the molecule is [C-]#[N+]C[C@H]1CN(c2nc(OC[C@@]34CCCN3C[C@H](F)C4)nc3c(F)c(-c4cccc5c(F)csc45)ncc23)CCN1C(=O)C(=C)F. The standard InChI is InChI=1S/C32H29F4N7O2S/c1-18(33)30(44)43-10-9-41(15-20(43)12-37-2)29-23-13-38-26(22-6-3-5-21-24(35)16-46-28(21)22)25(36)27(23)39-31(40-29)45-17-32-7-4-8-42(32)14-19(34)11-32/h3,5-6,13,16,19-20H,1,4,7-12,14-15,17H2/t19-,20+,32+/m1/s1. The number of ether oxygens (including phenoxy) is 1. The molecule has 0 spiro atoms. The third-order valence-electron chi connectivity index (χ3n) is 9.26. The van der Waals surface area contributed by atoms with Crippen molar-refractivity contribution in [3.8, 4) is 17.3 Å². The van der Waals surface area contributed by atoms with Crippen molar-refractivity contribution in [2.45, 2.75) is 37.0 Å². The summed E-state index contributed by atoms with van der Waals surface area (Å²) in [5, 5.41) is 1.98. The van der Waals surface area contributed by atoms with Crippen LogP contribution < -0.4 is 9.64 Å². The normalized spacial score (nSPS) is 23.2. The molecule has 1 amide bonds. The average Bonchev–Trinajstić information content (AvgIpc) is 3.71. The number of rotatable bonds is 7. The van der Waals surface area contributed by atoms with Crippen molar-refractivity contribution in [2.75, 3.05) is 50.8 Å². The fraction of sp³-hybridized carbons (Fsp3) is 0.406. The molecule has 46 heavy (non-hydrogen) atoms. The highest BCUT2D eigenvalue weighted by atomic mass is 32.1. The summed E-state index contributed by atoms with van der Waals surface area (Å²) in [7, 11) is 0. The molecule has 238 valence electrons. The number of aromatic nitrogens is 3. The molecule has 4 aromatic rings. The van der Waals surface area contributed by atoms with Crippen LogP contribution in [-0.2, 0) is 4.79 Å². The first kappa shape index (κ1) is 30.3.